The Bertz CT molecular complexity index is 542. The Kier molecular flexibility index (Phi) is 4.44. The first-order valence-corrected chi connectivity index (χ1v) is 6.07. The van der Waals surface area contributed by atoms with Crippen LogP contribution in [0.25, 0.3) is 0 Å². The van der Waals surface area contributed by atoms with Crippen molar-refractivity contribution in [2.45, 2.75) is 12.8 Å². The van der Waals surface area contributed by atoms with Crippen molar-refractivity contribution in [2.75, 3.05) is 6.61 Å². The second-order valence-electron chi connectivity index (χ2n) is 4.09. The maximum absolute atomic E-state index is 7.45. The quantitative estimate of drug-likeness (QED) is 0.468. The fourth-order valence-corrected chi connectivity index (χ4v) is 1.73. The molecule has 2 heterocycles. The highest BCUT2D eigenvalue weighted by Gasteiger charge is 2.05. The first kappa shape index (κ1) is 13.0. The number of ether oxygens (including phenoxy) is 1. The number of rotatable bonds is 6. The van der Waals surface area contributed by atoms with E-state index >= 15 is 0 Å². The molecule has 0 radical (unpaired) electrons. The van der Waals surface area contributed by atoms with Crippen LogP contribution in [0.5, 0.6) is 5.75 Å². The number of nitrogen functional groups attached to an aromatic ring is 1. The maximum atomic E-state index is 7.45. The van der Waals surface area contributed by atoms with E-state index < -0.39 is 0 Å². The molecule has 2 rings (SSSR count). The summed E-state index contributed by atoms with van der Waals surface area (Å²) in [6.07, 6.45) is 8.56. The van der Waals surface area contributed by atoms with Crippen LogP contribution in [0.1, 0.15) is 17.5 Å². The minimum Gasteiger partial charge on any atom is -0.491 e. The Labute approximate surface area is 112 Å². The number of hydrogen-bond acceptors (Lipinski definition) is 4. The summed E-state index contributed by atoms with van der Waals surface area (Å²) in [4.78, 5) is 7.95. The van der Waals surface area contributed by atoms with Gasteiger partial charge in [0.2, 0.25) is 0 Å². The van der Waals surface area contributed by atoms with Gasteiger partial charge in [-0.25, -0.2) is 0 Å². The third-order valence-corrected chi connectivity index (χ3v) is 2.69. The van der Waals surface area contributed by atoms with Gasteiger partial charge in [0.1, 0.15) is 11.6 Å². The minimum atomic E-state index is -0.00784. The molecule has 3 N–H and O–H groups in total. The van der Waals surface area contributed by atoms with E-state index in [1.165, 1.54) is 5.56 Å². The molecular formula is C14H16N4O. The lowest BCUT2D eigenvalue weighted by molar-refractivity contribution is 0.309. The monoisotopic (exact) mass is 256 g/mol. The lowest BCUT2D eigenvalue weighted by atomic mass is 10.1. The van der Waals surface area contributed by atoms with Crippen LogP contribution >= 0.6 is 0 Å². The molecule has 0 saturated carbocycles. The number of nitrogens with two attached hydrogens (primary N) is 1. The van der Waals surface area contributed by atoms with Crippen molar-refractivity contribution < 1.29 is 4.74 Å². The van der Waals surface area contributed by atoms with Crippen LogP contribution in [0.3, 0.4) is 0 Å². The Morgan fingerprint density at radius 3 is 2.63 bits per heavy atom. The van der Waals surface area contributed by atoms with E-state index in [9.17, 15) is 0 Å². The zero-order valence-corrected chi connectivity index (χ0v) is 10.5. The fourth-order valence-electron chi connectivity index (χ4n) is 1.73. The number of nitrogens with one attached hydrogen (secondary N) is 1. The molecule has 5 nitrogen and oxygen atoms in total. The van der Waals surface area contributed by atoms with Crippen molar-refractivity contribution in [1.29, 1.82) is 5.41 Å². The minimum absolute atomic E-state index is 0.00784. The largest absolute Gasteiger partial charge is 0.491 e. The van der Waals surface area contributed by atoms with Gasteiger partial charge in [-0.15, -0.1) is 0 Å². The second-order valence-corrected chi connectivity index (χ2v) is 4.09. The number of pyridine rings is 2. The Hall–Kier alpha value is -2.43. The van der Waals surface area contributed by atoms with Crippen molar-refractivity contribution in [2.24, 2.45) is 5.73 Å². The zero-order valence-electron chi connectivity index (χ0n) is 10.5. The summed E-state index contributed by atoms with van der Waals surface area (Å²) in [6.45, 7) is 0.564. The first-order chi connectivity index (χ1) is 9.27. The number of amidine groups is 1. The number of hydrogen-bond donors (Lipinski definition) is 2. The third kappa shape index (κ3) is 3.77. The van der Waals surface area contributed by atoms with E-state index in [2.05, 4.69) is 9.97 Å². The molecule has 0 aromatic carbocycles. The average molecular weight is 256 g/mol. The van der Waals surface area contributed by atoms with Crippen LogP contribution < -0.4 is 10.5 Å². The molecule has 0 bridgehead atoms. The fraction of sp³-hybridized carbons (Fsp3) is 0.214. The molecule has 0 aliphatic carbocycles. The number of nitrogens with zero attached hydrogens (tertiary/aromatic N) is 2. The summed E-state index contributed by atoms with van der Waals surface area (Å²) in [5.74, 6) is 0.552. The standard InChI is InChI=1S/C14H16N4O/c15-14(16)12-5-8-18-10-13(12)19-9-1-2-11-3-6-17-7-4-11/h3-8,10H,1-2,9H2,(H3,15,16). The Morgan fingerprint density at radius 1 is 1.16 bits per heavy atom. The highest BCUT2D eigenvalue weighted by molar-refractivity contribution is 5.97. The van der Waals surface area contributed by atoms with Crippen molar-refractivity contribution in [3.8, 4) is 5.75 Å². The summed E-state index contributed by atoms with van der Waals surface area (Å²) in [6, 6.07) is 5.66. The van der Waals surface area contributed by atoms with Crippen LogP contribution in [0.2, 0.25) is 0 Å². The summed E-state index contributed by atoms with van der Waals surface area (Å²) in [7, 11) is 0. The van der Waals surface area contributed by atoms with E-state index in [-0.39, 0.29) is 5.84 Å². The van der Waals surface area contributed by atoms with E-state index in [4.69, 9.17) is 15.9 Å². The highest BCUT2D eigenvalue weighted by Crippen LogP contribution is 2.16. The van der Waals surface area contributed by atoms with Gasteiger partial charge in [-0.1, -0.05) is 0 Å². The first-order valence-electron chi connectivity index (χ1n) is 6.07. The molecule has 0 saturated heterocycles. The summed E-state index contributed by atoms with van der Waals surface area (Å²) in [5.41, 5.74) is 7.29. The molecule has 0 spiro atoms. The van der Waals surface area contributed by atoms with E-state index in [0.717, 1.165) is 12.8 Å². The molecule has 0 amide bonds. The SMILES string of the molecule is N=C(N)c1ccncc1OCCCc1ccncc1. The molecular weight excluding hydrogens is 240 g/mol. The highest BCUT2D eigenvalue weighted by atomic mass is 16.5. The van der Waals surface area contributed by atoms with Crippen molar-refractivity contribution in [3.63, 3.8) is 0 Å². The maximum Gasteiger partial charge on any atom is 0.148 e. The predicted octanol–water partition coefficient (Wildman–Crippen LogP) is 1.77. The van der Waals surface area contributed by atoms with Crippen molar-refractivity contribution in [1.82, 2.24) is 9.97 Å². The topological polar surface area (TPSA) is 84.9 Å². The number of aromatic nitrogens is 2. The van der Waals surface area contributed by atoms with E-state index in [0.29, 0.717) is 17.9 Å². The molecule has 0 fully saturated rings. The average Bonchev–Trinajstić information content (AvgIpc) is 2.45. The molecule has 2 aromatic rings. The third-order valence-electron chi connectivity index (χ3n) is 2.69. The van der Waals surface area contributed by atoms with Crippen molar-refractivity contribution in [3.05, 3.63) is 54.1 Å². The van der Waals surface area contributed by atoms with Crippen LogP contribution in [-0.2, 0) is 6.42 Å². The predicted molar refractivity (Wildman–Crippen MR) is 73.3 cm³/mol. The smallest absolute Gasteiger partial charge is 0.148 e. The van der Waals surface area contributed by atoms with Crippen LogP contribution in [-0.4, -0.2) is 22.4 Å². The van der Waals surface area contributed by atoms with Crippen LogP contribution in [0, 0.1) is 5.41 Å². The Balaban J connectivity index is 1.85. The molecule has 0 atom stereocenters. The molecule has 0 aliphatic rings. The van der Waals surface area contributed by atoms with Gasteiger partial charge in [-0.3, -0.25) is 15.4 Å². The van der Waals surface area contributed by atoms with E-state index in [1.54, 1.807) is 30.9 Å². The van der Waals surface area contributed by atoms with Gasteiger partial charge >= 0.3 is 0 Å². The molecule has 98 valence electrons. The van der Waals surface area contributed by atoms with Gasteiger partial charge in [0.25, 0.3) is 0 Å². The summed E-state index contributed by atoms with van der Waals surface area (Å²) < 4.78 is 5.62. The van der Waals surface area contributed by atoms with E-state index in [1.807, 2.05) is 12.1 Å². The van der Waals surface area contributed by atoms with Gasteiger partial charge in [0.15, 0.2) is 0 Å². The zero-order chi connectivity index (χ0) is 13.5. The normalized spacial score (nSPS) is 10.1. The number of aryl methyl sites for hydroxylation is 1. The van der Waals surface area contributed by atoms with Gasteiger partial charge in [0.05, 0.1) is 18.4 Å². The lowest BCUT2D eigenvalue weighted by Gasteiger charge is -2.09. The van der Waals surface area contributed by atoms with Gasteiger partial charge in [-0.2, -0.15) is 0 Å². The molecule has 19 heavy (non-hydrogen) atoms. The van der Waals surface area contributed by atoms with Gasteiger partial charge < -0.3 is 10.5 Å². The molecule has 0 aliphatic heterocycles. The Morgan fingerprint density at radius 2 is 1.89 bits per heavy atom. The van der Waals surface area contributed by atoms with Gasteiger partial charge in [-0.05, 0) is 36.6 Å². The second kappa shape index (κ2) is 6.49. The van der Waals surface area contributed by atoms with Crippen molar-refractivity contribution >= 4 is 5.84 Å². The lowest BCUT2D eigenvalue weighted by Crippen LogP contribution is -2.13. The summed E-state index contributed by atoms with van der Waals surface area (Å²) >= 11 is 0. The molecule has 2 aromatic heterocycles. The molecule has 5 heteroatoms. The van der Waals surface area contributed by atoms with Crippen LogP contribution in [0.4, 0.5) is 0 Å². The summed E-state index contributed by atoms with van der Waals surface area (Å²) in [5, 5.41) is 7.45. The van der Waals surface area contributed by atoms with Crippen LogP contribution in [0.15, 0.2) is 43.0 Å². The molecule has 0 unspecified atom stereocenters. The van der Waals surface area contributed by atoms with Gasteiger partial charge in [0, 0.05) is 18.6 Å².